The van der Waals surface area contributed by atoms with E-state index in [1.807, 2.05) is 6.92 Å². The highest BCUT2D eigenvalue weighted by molar-refractivity contribution is 7.89. The van der Waals surface area contributed by atoms with Crippen LogP contribution in [0.3, 0.4) is 0 Å². The van der Waals surface area contributed by atoms with Crippen molar-refractivity contribution < 1.29 is 13.5 Å². The molecule has 0 aromatic heterocycles. The molecule has 98 valence electrons. The van der Waals surface area contributed by atoms with Gasteiger partial charge in [-0.3, -0.25) is 0 Å². The first-order chi connectivity index (χ1) is 7.58. The Labute approximate surface area is 104 Å². The van der Waals surface area contributed by atoms with Crippen molar-refractivity contribution in [2.45, 2.75) is 32.6 Å². The lowest BCUT2D eigenvalue weighted by Crippen LogP contribution is -2.36. The van der Waals surface area contributed by atoms with Gasteiger partial charge in [-0.2, -0.15) is 4.31 Å². The summed E-state index contributed by atoms with van der Waals surface area (Å²) in [5.74, 6) is 0.619. The van der Waals surface area contributed by atoms with E-state index in [4.69, 9.17) is 16.7 Å². The molecule has 0 aliphatic heterocycles. The Morgan fingerprint density at radius 3 is 2.38 bits per heavy atom. The second-order valence-corrected chi connectivity index (χ2v) is 6.15. The van der Waals surface area contributed by atoms with Gasteiger partial charge in [0.05, 0.1) is 12.4 Å². The molecule has 0 aliphatic carbocycles. The SMILES string of the molecule is CCCCN(CCO)S(=O)(=O)CCCCCl. The van der Waals surface area contributed by atoms with Gasteiger partial charge in [0.2, 0.25) is 10.0 Å². The number of sulfonamides is 1. The lowest BCUT2D eigenvalue weighted by molar-refractivity contribution is 0.252. The van der Waals surface area contributed by atoms with Crippen molar-refractivity contribution in [3.63, 3.8) is 0 Å². The molecule has 0 aromatic rings. The lowest BCUT2D eigenvalue weighted by Gasteiger charge is -2.20. The summed E-state index contributed by atoms with van der Waals surface area (Å²) in [5.41, 5.74) is 0. The molecule has 0 unspecified atom stereocenters. The van der Waals surface area contributed by atoms with Crippen molar-refractivity contribution in [3.8, 4) is 0 Å². The van der Waals surface area contributed by atoms with Crippen molar-refractivity contribution in [2.24, 2.45) is 0 Å². The Balaban J connectivity index is 4.25. The van der Waals surface area contributed by atoms with Gasteiger partial charge in [-0.1, -0.05) is 13.3 Å². The first-order valence-electron chi connectivity index (χ1n) is 5.73. The quantitative estimate of drug-likeness (QED) is 0.483. The fourth-order valence-corrected chi connectivity index (χ4v) is 3.13. The van der Waals surface area contributed by atoms with Crippen LogP contribution in [0, 0.1) is 0 Å². The van der Waals surface area contributed by atoms with Crippen molar-refractivity contribution in [2.75, 3.05) is 31.3 Å². The van der Waals surface area contributed by atoms with Gasteiger partial charge in [0, 0.05) is 19.0 Å². The zero-order valence-electron chi connectivity index (χ0n) is 9.86. The second-order valence-electron chi connectivity index (χ2n) is 3.69. The molecule has 16 heavy (non-hydrogen) atoms. The van der Waals surface area contributed by atoms with Crippen LogP contribution >= 0.6 is 11.6 Å². The van der Waals surface area contributed by atoms with Gasteiger partial charge in [0.15, 0.2) is 0 Å². The molecule has 0 aliphatic rings. The summed E-state index contributed by atoms with van der Waals surface area (Å²) in [6.45, 7) is 2.58. The van der Waals surface area contributed by atoms with Gasteiger partial charge in [-0.25, -0.2) is 8.42 Å². The second kappa shape index (κ2) is 9.22. The van der Waals surface area contributed by atoms with Gasteiger partial charge in [0.25, 0.3) is 0 Å². The third-order valence-corrected chi connectivity index (χ3v) is 4.51. The fraction of sp³-hybridized carbons (Fsp3) is 1.00. The maximum Gasteiger partial charge on any atom is 0.214 e. The van der Waals surface area contributed by atoms with E-state index in [1.54, 1.807) is 0 Å². The van der Waals surface area contributed by atoms with E-state index in [-0.39, 0.29) is 18.9 Å². The predicted octanol–water partition coefficient (Wildman–Crippen LogP) is 1.43. The summed E-state index contributed by atoms with van der Waals surface area (Å²) in [7, 11) is -3.21. The Bertz CT molecular complexity index is 257. The van der Waals surface area contributed by atoms with Crippen molar-refractivity contribution >= 4 is 21.6 Å². The molecular weight excluding hydrogens is 250 g/mol. The minimum atomic E-state index is -3.21. The van der Waals surface area contributed by atoms with E-state index >= 15 is 0 Å². The average Bonchev–Trinajstić information content (AvgIpc) is 2.24. The Morgan fingerprint density at radius 1 is 1.19 bits per heavy atom. The van der Waals surface area contributed by atoms with E-state index in [0.717, 1.165) is 12.8 Å². The Kier molecular flexibility index (Phi) is 9.31. The largest absolute Gasteiger partial charge is 0.395 e. The third-order valence-electron chi connectivity index (χ3n) is 2.29. The predicted molar refractivity (Wildman–Crippen MR) is 67.3 cm³/mol. The highest BCUT2D eigenvalue weighted by Crippen LogP contribution is 2.07. The van der Waals surface area contributed by atoms with Crippen LogP contribution in [0.2, 0.25) is 0 Å². The van der Waals surface area contributed by atoms with Crippen molar-refractivity contribution in [1.82, 2.24) is 4.31 Å². The summed E-state index contributed by atoms with van der Waals surface area (Å²) in [6, 6.07) is 0. The number of aliphatic hydroxyl groups excluding tert-OH is 1. The zero-order valence-corrected chi connectivity index (χ0v) is 11.4. The van der Waals surface area contributed by atoms with Gasteiger partial charge in [-0.15, -0.1) is 11.6 Å². The zero-order chi connectivity index (χ0) is 12.4. The number of aliphatic hydroxyl groups is 1. The van der Waals surface area contributed by atoms with E-state index in [9.17, 15) is 8.42 Å². The maximum atomic E-state index is 11.9. The molecule has 0 spiro atoms. The van der Waals surface area contributed by atoms with Crippen LogP contribution in [-0.2, 0) is 10.0 Å². The van der Waals surface area contributed by atoms with Gasteiger partial charge >= 0.3 is 0 Å². The molecule has 0 heterocycles. The number of nitrogens with zero attached hydrogens (tertiary/aromatic N) is 1. The molecular formula is C10H22ClNO3S. The van der Waals surface area contributed by atoms with Crippen LogP contribution in [0.5, 0.6) is 0 Å². The molecule has 1 N–H and O–H groups in total. The molecule has 6 heteroatoms. The fourth-order valence-electron chi connectivity index (χ4n) is 1.34. The topological polar surface area (TPSA) is 57.6 Å². The molecule has 0 radical (unpaired) electrons. The molecule has 0 bridgehead atoms. The number of hydrogen-bond donors (Lipinski definition) is 1. The highest BCUT2D eigenvalue weighted by Gasteiger charge is 2.20. The molecule has 0 fully saturated rings. The maximum absolute atomic E-state index is 11.9. The normalized spacial score (nSPS) is 12.2. The molecule has 0 rings (SSSR count). The first-order valence-corrected chi connectivity index (χ1v) is 7.87. The monoisotopic (exact) mass is 271 g/mol. The van der Waals surface area contributed by atoms with Crippen molar-refractivity contribution in [1.29, 1.82) is 0 Å². The van der Waals surface area contributed by atoms with Crippen LogP contribution in [0.1, 0.15) is 32.6 Å². The standard InChI is InChI=1S/C10H22ClNO3S/c1-2-3-7-12(8-9-13)16(14,15)10-5-4-6-11/h13H,2-10H2,1H3. The van der Waals surface area contributed by atoms with Crippen LogP contribution in [0.4, 0.5) is 0 Å². The van der Waals surface area contributed by atoms with E-state index in [0.29, 0.717) is 25.3 Å². The summed E-state index contributed by atoms with van der Waals surface area (Å²) in [6.07, 6.45) is 3.06. The summed E-state index contributed by atoms with van der Waals surface area (Å²) in [5, 5.41) is 8.84. The minimum absolute atomic E-state index is 0.127. The summed E-state index contributed by atoms with van der Waals surface area (Å²) >= 11 is 5.51. The number of halogens is 1. The molecule has 0 amide bonds. The third kappa shape index (κ3) is 6.68. The Morgan fingerprint density at radius 2 is 1.88 bits per heavy atom. The van der Waals surface area contributed by atoms with Crippen LogP contribution < -0.4 is 0 Å². The molecule has 0 atom stereocenters. The molecule has 0 aromatic carbocycles. The van der Waals surface area contributed by atoms with Crippen LogP contribution in [0.25, 0.3) is 0 Å². The molecule has 0 saturated carbocycles. The van der Waals surface area contributed by atoms with Crippen molar-refractivity contribution in [3.05, 3.63) is 0 Å². The highest BCUT2D eigenvalue weighted by atomic mass is 35.5. The number of alkyl halides is 1. The lowest BCUT2D eigenvalue weighted by atomic mass is 10.3. The van der Waals surface area contributed by atoms with Crippen LogP contribution in [-0.4, -0.2) is 49.2 Å². The smallest absolute Gasteiger partial charge is 0.214 e. The minimum Gasteiger partial charge on any atom is -0.395 e. The van der Waals surface area contributed by atoms with Gasteiger partial charge < -0.3 is 5.11 Å². The molecule has 0 saturated heterocycles. The van der Waals surface area contributed by atoms with Gasteiger partial charge in [0.1, 0.15) is 0 Å². The summed E-state index contributed by atoms with van der Waals surface area (Å²) in [4.78, 5) is 0. The van der Waals surface area contributed by atoms with E-state index in [2.05, 4.69) is 0 Å². The van der Waals surface area contributed by atoms with E-state index < -0.39 is 10.0 Å². The van der Waals surface area contributed by atoms with Crippen LogP contribution in [0.15, 0.2) is 0 Å². The van der Waals surface area contributed by atoms with Gasteiger partial charge in [-0.05, 0) is 19.3 Å². The number of rotatable bonds is 10. The Hall–Kier alpha value is 0.160. The number of unbranched alkanes of at least 4 members (excludes halogenated alkanes) is 2. The molecule has 4 nitrogen and oxygen atoms in total. The average molecular weight is 272 g/mol. The first kappa shape index (κ1) is 16.2. The summed E-state index contributed by atoms with van der Waals surface area (Å²) < 4.78 is 25.1. The number of hydrogen-bond acceptors (Lipinski definition) is 3. The van der Waals surface area contributed by atoms with E-state index in [1.165, 1.54) is 4.31 Å².